The van der Waals surface area contributed by atoms with Gasteiger partial charge in [-0.25, -0.2) is 13.8 Å². The molecule has 0 aliphatic rings. The molecule has 0 aliphatic heterocycles. The third-order valence-electron chi connectivity index (χ3n) is 2.55. The van der Waals surface area contributed by atoms with E-state index in [9.17, 15) is 13.9 Å². The Morgan fingerprint density at radius 2 is 2.11 bits per heavy atom. The lowest BCUT2D eigenvalue weighted by atomic mass is 10.2. The Labute approximate surface area is 108 Å². The summed E-state index contributed by atoms with van der Waals surface area (Å²) in [7, 11) is 1.61. The Kier molecular flexibility index (Phi) is 3.70. The van der Waals surface area contributed by atoms with Gasteiger partial charge in [-0.15, -0.1) is 9.90 Å². The second-order valence-corrected chi connectivity index (χ2v) is 3.92. The summed E-state index contributed by atoms with van der Waals surface area (Å²) in [4.78, 5) is 4.92. The molecule has 2 heterocycles. The Morgan fingerprint density at radius 3 is 2.63 bits per heavy atom. The number of nitrogens with one attached hydrogen (secondary N) is 1. The monoisotopic (exact) mass is 269 g/mol. The van der Waals surface area contributed by atoms with Crippen molar-refractivity contribution in [3.63, 3.8) is 0 Å². The Balaban J connectivity index is 2.48. The minimum absolute atomic E-state index is 0.0547. The van der Waals surface area contributed by atoms with Gasteiger partial charge in [0.15, 0.2) is 5.82 Å². The standard InChI is InChI=1S/C11H13F2N5O/c1-6(19)9-5-16-18(17-9)11-8(10(12)13)3-7(14-2)4-15-11/h3-6,10,14,19H,1-2H3. The van der Waals surface area contributed by atoms with Crippen molar-refractivity contribution in [2.45, 2.75) is 19.5 Å². The van der Waals surface area contributed by atoms with Crippen LogP contribution in [0.25, 0.3) is 5.82 Å². The van der Waals surface area contributed by atoms with E-state index in [4.69, 9.17) is 0 Å². The van der Waals surface area contributed by atoms with Gasteiger partial charge in [-0.3, -0.25) is 0 Å². The van der Waals surface area contributed by atoms with Gasteiger partial charge in [0.2, 0.25) is 0 Å². The number of aromatic nitrogens is 4. The summed E-state index contributed by atoms with van der Waals surface area (Å²) in [6.07, 6.45) is -0.794. The van der Waals surface area contributed by atoms with Crippen molar-refractivity contribution in [2.24, 2.45) is 0 Å². The smallest absolute Gasteiger partial charge is 0.267 e. The zero-order chi connectivity index (χ0) is 14.0. The third-order valence-corrected chi connectivity index (χ3v) is 2.55. The van der Waals surface area contributed by atoms with Crippen molar-refractivity contribution in [1.82, 2.24) is 20.0 Å². The summed E-state index contributed by atoms with van der Waals surface area (Å²) in [6.45, 7) is 1.51. The van der Waals surface area contributed by atoms with Crippen LogP contribution in [0, 0.1) is 0 Å². The first kappa shape index (κ1) is 13.3. The van der Waals surface area contributed by atoms with Gasteiger partial charge >= 0.3 is 0 Å². The van der Waals surface area contributed by atoms with Gasteiger partial charge in [-0.05, 0) is 13.0 Å². The summed E-state index contributed by atoms with van der Waals surface area (Å²) in [5.74, 6) is -0.0547. The summed E-state index contributed by atoms with van der Waals surface area (Å²) >= 11 is 0. The first-order valence-corrected chi connectivity index (χ1v) is 5.59. The van der Waals surface area contributed by atoms with Crippen LogP contribution < -0.4 is 5.32 Å². The third kappa shape index (κ3) is 2.68. The van der Waals surface area contributed by atoms with Crippen LogP contribution in [-0.2, 0) is 0 Å². The zero-order valence-electron chi connectivity index (χ0n) is 10.4. The molecule has 0 saturated heterocycles. The maximum Gasteiger partial charge on any atom is 0.267 e. The average Bonchev–Trinajstić information content (AvgIpc) is 2.87. The van der Waals surface area contributed by atoms with Crippen LogP contribution in [0.15, 0.2) is 18.5 Å². The molecule has 0 bridgehead atoms. The maximum atomic E-state index is 13.0. The highest BCUT2D eigenvalue weighted by Gasteiger charge is 2.19. The molecule has 6 nitrogen and oxygen atoms in total. The molecule has 2 aromatic heterocycles. The lowest BCUT2D eigenvalue weighted by Gasteiger charge is -2.09. The van der Waals surface area contributed by atoms with E-state index in [1.165, 1.54) is 25.4 Å². The van der Waals surface area contributed by atoms with Gasteiger partial charge in [-0.2, -0.15) is 5.10 Å². The number of hydrogen-bond acceptors (Lipinski definition) is 5. The predicted molar refractivity (Wildman–Crippen MR) is 64.3 cm³/mol. The first-order valence-electron chi connectivity index (χ1n) is 5.59. The fraction of sp³-hybridized carbons (Fsp3) is 0.364. The minimum atomic E-state index is -2.70. The van der Waals surface area contributed by atoms with Crippen LogP contribution in [0.1, 0.15) is 30.7 Å². The number of alkyl halides is 2. The molecule has 0 radical (unpaired) electrons. The molecule has 0 fully saturated rings. The lowest BCUT2D eigenvalue weighted by molar-refractivity contribution is 0.150. The highest BCUT2D eigenvalue weighted by atomic mass is 19.3. The van der Waals surface area contributed by atoms with E-state index in [1.54, 1.807) is 7.05 Å². The number of hydrogen-bond donors (Lipinski definition) is 2. The molecule has 2 rings (SSSR count). The lowest BCUT2D eigenvalue weighted by Crippen LogP contribution is -2.08. The van der Waals surface area contributed by atoms with Crippen LogP contribution in [0.2, 0.25) is 0 Å². The highest BCUT2D eigenvalue weighted by Crippen LogP contribution is 2.26. The van der Waals surface area contributed by atoms with Crippen LogP contribution in [0.3, 0.4) is 0 Å². The molecule has 102 valence electrons. The van der Waals surface area contributed by atoms with Crippen LogP contribution >= 0.6 is 0 Å². The van der Waals surface area contributed by atoms with Gasteiger partial charge < -0.3 is 10.4 Å². The highest BCUT2D eigenvalue weighted by molar-refractivity contribution is 5.48. The van der Waals surface area contributed by atoms with Crippen molar-refractivity contribution in [3.8, 4) is 5.82 Å². The van der Waals surface area contributed by atoms with Crippen LogP contribution in [-0.4, -0.2) is 32.1 Å². The van der Waals surface area contributed by atoms with Crippen molar-refractivity contribution >= 4 is 5.69 Å². The van der Waals surface area contributed by atoms with E-state index < -0.39 is 12.5 Å². The summed E-state index contributed by atoms with van der Waals surface area (Å²) < 4.78 is 26.0. The van der Waals surface area contributed by atoms with E-state index >= 15 is 0 Å². The molecule has 0 aliphatic carbocycles. The fourth-order valence-electron chi connectivity index (χ4n) is 1.51. The number of halogens is 2. The molecule has 2 aromatic rings. The number of nitrogens with zero attached hydrogens (tertiary/aromatic N) is 4. The molecule has 19 heavy (non-hydrogen) atoms. The molecule has 0 saturated carbocycles. The minimum Gasteiger partial charge on any atom is -0.387 e. The molecule has 8 heteroatoms. The van der Waals surface area contributed by atoms with E-state index in [-0.39, 0.29) is 11.4 Å². The van der Waals surface area contributed by atoms with Crippen LogP contribution in [0.5, 0.6) is 0 Å². The van der Waals surface area contributed by atoms with E-state index in [0.717, 1.165) is 4.80 Å². The van der Waals surface area contributed by atoms with Crippen molar-refractivity contribution in [3.05, 3.63) is 29.7 Å². The summed E-state index contributed by atoms with van der Waals surface area (Å²) in [5, 5.41) is 19.8. The Morgan fingerprint density at radius 1 is 1.37 bits per heavy atom. The molecule has 0 aromatic carbocycles. The van der Waals surface area contributed by atoms with Crippen molar-refractivity contribution < 1.29 is 13.9 Å². The second-order valence-electron chi connectivity index (χ2n) is 3.92. The molecule has 1 atom stereocenters. The number of anilines is 1. The number of rotatable bonds is 4. The molecule has 2 N–H and O–H groups in total. The molecule has 1 unspecified atom stereocenters. The van der Waals surface area contributed by atoms with Gasteiger partial charge in [0.05, 0.1) is 29.7 Å². The largest absolute Gasteiger partial charge is 0.387 e. The normalized spacial score (nSPS) is 12.7. The predicted octanol–water partition coefficient (Wildman–Crippen LogP) is 1.69. The first-order chi connectivity index (χ1) is 9.02. The SMILES string of the molecule is CNc1cnc(-n2ncc(C(C)O)n2)c(C(F)F)c1. The van der Waals surface area contributed by atoms with Crippen LogP contribution in [0.4, 0.5) is 14.5 Å². The number of aliphatic hydroxyl groups excluding tert-OH is 1. The van der Waals surface area contributed by atoms with Gasteiger partial charge in [0, 0.05) is 7.05 Å². The number of pyridine rings is 1. The molecular formula is C11H13F2N5O. The van der Waals surface area contributed by atoms with E-state index in [0.29, 0.717) is 11.4 Å². The van der Waals surface area contributed by atoms with E-state index in [1.807, 2.05) is 0 Å². The van der Waals surface area contributed by atoms with Gasteiger partial charge in [0.25, 0.3) is 6.43 Å². The average molecular weight is 269 g/mol. The van der Waals surface area contributed by atoms with Crippen molar-refractivity contribution in [1.29, 1.82) is 0 Å². The van der Waals surface area contributed by atoms with Gasteiger partial charge in [0.1, 0.15) is 5.69 Å². The molecular weight excluding hydrogens is 256 g/mol. The topological polar surface area (TPSA) is 75.9 Å². The summed E-state index contributed by atoms with van der Waals surface area (Å²) in [6, 6.07) is 1.29. The summed E-state index contributed by atoms with van der Waals surface area (Å²) in [5.41, 5.74) is 0.487. The van der Waals surface area contributed by atoms with Crippen molar-refractivity contribution in [2.75, 3.05) is 12.4 Å². The quantitative estimate of drug-likeness (QED) is 0.883. The second kappa shape index (κ2) is 5.27. The zero-order valence-corrected chi connectivity index (χ0v) is 10.4. The Hall–Kier alpha value is -2.09. The Bertz CT molecular complexity index is 570. The van der Waals surface area contributed by atoms with Gasteiger partial charge in [-0.1, -0.05) is 0 Å². The maximum absolute atomic E-state index is 13.0. The van der Waals surface area contributed by atoms with E-state index in [2.05, 4.69) is 20.5 Å². The number of aliphatic hydroxyl groups is 1. The fourth-order valence-corrected chi connectivity index (χ4v) is 1.51. The molecule has 0 amide bonds. The molecule has 0 spiro atoms.